The van der Waals surface area contributed by atoms with Gasteiger partial charge in [-0.25, -0.2) is 0 Å². The average Bonchev–Trinajstić information content (AvgIpc) is 3.29. The van der Waals surface area contributed by atoms with Gasteiger partial charge in [0.2, 0.25) is 0 Å². The van der Waals surface area contributed by atoms with E-state index in [2.05, 4.69) is 126 Å². The molecule has 5 rings (SSSR count). The van der Waals surface area contributed by atoms with Crippen LogP contribution in [0.15, 0.2) is 132 Å². The van der Waals surface area contributed by atoms with Crippen LogP contribution in [0.3, 0.4) is 0 Å². The van der Waals surface area contributed by atoms with Crippen LogP contribution in [-0.4, -0.2) is 0 Å². The Morgan fingerprint density at radius 2 is 1.55 bits per heavy atom. The van der Waals surface area contributed by atoms with Crippen LogP contribution < -0.4 is 0 Å². The van der Waals surface area contributed by atoms with Crippen LogP contribution in [0, 0.1) is 5.92 Å². The first kappa shape index (κ1) is 29.6. The number of hydrogen-bond acceptors (Lipinski definition) is 0. The summed E-state index contributed by atoms with van der Waals surface area (Å²) in [5.41, 5.74) is 17.3. The fourth-order valence-electron chi connectivity index (χ4n) is 6.87. The monoisotopic (exact) mass is 550 g/mol. The van der Waals surface area contributed by atoms with E-state index in [1.165, 1.54) is 66.8 Å². The standard InChI is InChI=1S/C42H46/c1-8-11-29(5)40-30(6)24-39-27-38(31(7)41(39)42(40)37-22-16-32(9-2)17-23-37)26-35-13-10-12-34(25-35)15-14-33-18-20-36(21-19-33)28(3)4/h10,12-13,16-26,41-42H,3,5,7-9,11,14-15,27H2,1-2,4,6H3. The Bertz CT molecular complexity index is 1580. The Balaban J connectivity index is 1.40. The Labute approximate surface area is 254 Å². The highest BCUT2D eigenvalue weighted by molar-refractivity contribution is 5.68. The van der Waals surface area contributed by atoms with Crippen molar-refractivity contribution in [1.82, 2.24) is 0 Å². The van der Waals surface area contributed by atoms with Crippen molar-refractivity contribution in [2.45, 2.75) is 72.1 Å². The van der Waals surface area contributed by atoms with Gasteiger partial charge in [-0.1, -0.05) is 142 Å². The van der Waals surface area contributed by atoms with E-state index in [0.717, 1.165) is 44.1 Å². The summed E-state index contributed by atoms with van der Waals surface area (Å²) in [6, 6.07) is 27.2. The maximum Gasteiger partial charge on any atom is 0.0201 e. The molecule has 214 valence electrons. The van der Waals surface area contributed by atoms with Crippen LogP contribution >= 0.6 is 0 Å². The summed E-state index contributed by atoms with van der Waals surface area (Å²) in [6.07, 6.45) is 11.1. The Kier molecular flexibility index (Phi) is 9.12. The van der Waals surface area contributed by atoms with Gasteiger partial charge in [0, 0.05) is 11.8 Å². The summed E-state index contributed by atoms with van der Waals surface area (Å²) in [7, 11) is 0. The second-order valence-electron chi connectivity index (χ2n) is 12.3. The van der Waals surface area contributed by atoms with Crippen molar-refractivity contribution < 1.29 is 0 Å². The molecule has 0 radical (unpaired) electrons. The number of hydrogen-bond donors (Lipinski definition) is 0. The van der Waals surface area contributed by atoms with Gasteiger partial charge in [-0.15, -0.1) is 0 Å². The number of benzene rings is 3. The fourth-order valence-corrected chi connectivity index (χ4v) is 6.87. The van der Waals surface area contributed by atoms with Crippen molar-refractivity contribution in [3.63, 3.8) is 0 Å². The van der Waals surface area contributed by atoms with E-state index in [0.29, 0.717) is 5.92 Å². The average molecular weight is 551 g/mol. The second-order valence-corrected chi connectivity index (χ2v) is 12.3. The third kappa shape index (κ3) is 6.29. The molecule has 0 saturated heterocycles. The van der Waals surface area contributed by atoms with E-state index in [4.69, 9.17) is 6.58 Å². The minimum atomic E-state index is 0.274. The topological polar surface area (TPSA) is 0 Å². The predicted molar refractivity (Wildman–Crippen MR) is 184 cm³/mol. The minimum absolute atomic E-state index is 0.274. The quantitative estimate of drug-likeness (QED) is 0.235. The lowest BCUT2D eigenvalue weighted by molar-refractivity contribution is 0.619. The van der Waals surface area contributed by atoms with E-state index >= 15 is 0 Å². The maximum atomic E-state index is 4.74. The van der Waals surface area contributed by atoms with Gasteiger partial charge < -0.3 is 0 Å². The predicted octanol–water partition coefficient (Wildman–Crippen LogP) is 11.4. The molecule has 2 aliphatic carbocycles. The van der Waals surface area contributed by atoms with Crippen molar-refractivity contribution in [1.29, 1.82) is 0 Å². The Morgan fingerprint density at radius 3 is 2.21 bits per heavy atom. The SMILES string of the molecule is C=C(CCC)C1=C(C)C=C2CC(=Cc3cccc(CCc4ccc(C(=C)C)cc4)c3)C(=C)C2C1c1ccc(CC)cc1. The molecule has 3 aromatic rings. The Morgan fingerprint density at radius 1 is 0.857 bits per heavy atom. The molecular formula is C42H46. The van der Waals surface area contributed by atoms with Crippen molar-refractivity contribution in [3.8, 4) is 0 Å². The van der Waals surface area contributed by atoms with Crippen LogP contribution in [0.4, 0.5) is 0 Å². The van der Waals surface area contributed by atoms with Crippen molar-refractivity contribution in [3.05, 3.63) is 165 Å². The molecule has 0 N–H and O–H groups in total. The van der Waals surface area contributed by atoms with Gasteiger partial charge in [0.25, 0.3) is 0 Å². The van der Waals surface area contributed by atoms with Crippen LogP contribution in [0.5, 0.6) is 0 Å². The summed E-state index contributed by atoms with van der Waals surface area (Å²) in [5.74, 6) is 0.567. The first-order valence-electron chi connectivity index (χ1n) is 15.7. The van der Waals surface area contributed by atoms with Crippen molar-refractivity contribution in [2.75, 3.05) is 0 Å². The molecule has 42 heavy (non-hydrogen) atoms. The number of fused-ring (bicyclic) bond motifs is 1. The van der Waals surface area contributed by atoms with Gasteiger partial charge in [0.1, 0.15) is 0 Å². The lowest BCUT2D eigenvalue weighted by atomic mass is 9.69. The van der Waals surface area contributed by atoms with E-state index in [9.17, 15) is 0 Å². The highest BCUT2D eigenvalue weighted by atomic mass is 14.4. The zero-order chi connectivity index (χ0) is 29.8. The molecule has 3 aromatic carbocycles. The van der Waals surface area contributed by atoms with Gasteiger partial charge in [-0.3, -0.25) is 0 Å². The minimum Gasteiger partial charge on any atom is -0.0955 e. The number of rotatable bonds is 10. The summed E-state index contributed by atoms with van der Waals surface area (Å²) in [6.45, 7) is 22.2. The van der Waals surface area contributed by atoms with Gasteiger partial charge in [-0.2, -0.15) is 0 Å². The maximum absolute atomic E-state index is 4.74. The van der Waals surface area contributed by atoms with Crippen LogP contribution in [0.1, 0.15) is 86.3 Å². The summed E-state index contributed by atoms with van der Waals surface area (Å²) < 4.78 is 0. The molecule has 0 amide bonds. The normalized spacial score (nSPS) is 19.2. The molecule has 1 saturated carbocycles. The second kappa shape index (κ2) is 13.0. The zero-order valence-electron chi connectivity index (χ0n) is 26.1. The van der Waals surface area contributed by atoms with Gasteiger partial charge in [0.15, 0.2) is 0 Å². The molecular weight excluding hydrogens is 504 g/mol. The van der Waals surface area contributed by atoms with Crippen molar-refractivity contribution in [2.24, 2.45) is 5.92 Å². The highest BCUT2D eigenvalue weighted by Crippen LogP contribution is 2.55. The third-order valence-electron chi connectivity index (χ3n) is 9.17. The van der Waals surface area contributed by atoms with Crippen LogP contribution in [-0.2, 0) is 19.3 Å². The van der Waals surface area contributed by atoms with E-state index < -0.39 is 0 Å². The van der Waals surface area contributed by atoms with E-state index in [-0.39, 0.29) is 5.92 Å². The number of aryl methyl sites for hydroxylation is 3. The van der Waals surface area contributed by atoms with Crippen molar-refractivity contribution >= 4 is 11.6 Å². The summed E-state index contributed by atoms with van der Waals surface area (Å²) in [4.78, 5) is 0. The van der Waals surface area contributed by atoms with E-state index in [1.54, 1.807) is 0 Å². The molecule has 0 heterocycles. The van der Waals surface area contributed by atoms with Gasteiger partial charge >= 0.3 is 0 Å². The molecule has 0 nitrogen and oxygen atoms in total. The molecule has 0 aliphatic heterocycles. The van der Waals surface area contributed by atoms with Crippen LogP contribution in [0.25, 0.3) is 11.6 Å². The molecule has 1 fully saturated rings. The molecule has 0 bridgehead atoms. The largest absolute Gasteiger partial charge is 0.0955 e. The summed E-state index contributed by atoms with van der Waals surface area (Å²) >= 11 is 0. The van der Waals surface area contributed by atoms with Gasteiger partial charge in [0.05, 0.1) is 0 Å². The molecule has 0 spiro atoms. The smallest absolute Gasteiger partial charge is 0.0201 e. The molecule has 0 aromatic heterocycles. The molecule has 2 atom stereocenters. The zero-order valence-corrected chi connectivity index (χ0v) is 26.1. The molecule has 2 unspecified atom stereocenters. The first-order valence-corrected chi connectivity index (χ1v) is 15.7. The lowest BCUT2D eigenvalue weighted by Gasteiger charge is -2.34. The third-order valence-corrected chi connectivity index (χ3v) is 9.17. The van der Waals surface area contributed by atoms with E-state index in [1.807, 2.05) is 0 Å². The molecule has 2 aliphatic rings. The van der Waals surface area contributed by atoms with Crippen LogP contribution in [0.2, 0.25) is 0 Å². The number of allylic oxidation sites excluding steroid dienone is 8. The fraction of sp³-hybridized carbons (Fsp3) is 0.286. The molecule has 0 heteroatoms. The lowest BCUT2D eigenvalue weighted by Crippen LogP contribution is -2.21. The van der Waals surface area contributed by atoms with Gasteiger partial charge in [-0.05, 0) is 102 Å². The highest BCUT2D eigenvalue weighted by Gasteiger charge is 2.40. The summed E-state index contributed by atoms with van der Waals surface area (Å²) in [5, 5.41) is 0. The first-order chi connectivity index (χ1) is 20.3. The Hall–Kier alpha value is -3.90.